The summed E-state index contributed by atoms with van der Waals surface area (Å²) in [6.45, 7) is 0.535. The number of nitrogens with zero attached hydrogens (tertiary/aromatic N) is 1. The van der Waals surface area contributed by atoms with Gasteiger partial charge < -0.3 is 4.74 Å². The van der Waals surface area contributed by atoms with Crippen molar-refractivity contribution in [3.8, 4) is 5.75 Å². The molecule has 34 heavy (non-hydrogen) atoms. The fourth-order valence-electron chi connectivity index (χ4n) is 4.11. The van der Waals surface area contributed by atoms with Gasteiger partial charge in [0.05, 0.1) is 5.25 Å². The molecule has 1 N–H and O–H groups in total. The zero-order valence-corrected chi connectivity index (χ0v) is 20.1. The highest BCUT2D eigenvalue weighted by atomic mass is 32.2. The Balaban J connectivity index is 1.20. The first kappa shape index (κ1) is 24.0. The van der Waals surface area contributed by atoms with Gasteiger partial charge in [-0.15, -0.1) is 0 Å². The first-order chi connectivity index (χ1) is 16.7. The van der Waals surface area contributed by atoms with Gasteiger partial charge in [0.2, 0.25) is 5.91 Å². The minimum atomic E-state index is -0.346. The normalized spacial score (nSPS) is 15.4. The third-order valence-electron chi connectivity index (χ3n) is 6.04. The quantitative estimate of drug-likeness (QED) is 0.331. The van der Waals surface area contributed by atoms with Crippen molar-refractivity contribution >= 4 is 22.9 Å². The lowest BCUT2D eigenvalue weighted by molar-refractivity contribution is -0.118. The number of nitrogens with one attached hydrogen (secondary N) is 1. The van der Waals surface area contributed by atoms with Crippen LogP contribution in [0.3, 0.4) is 0 Å². The molecule has 1 aromatic heterocycles. The number of hydrogen-bond donors (Lipinski definition) is 1. The van der Waals surface area contributed by atoms with E-state index in [9.17, 15) is 9.59 Å². The van der Waals surface area contributed by atoms with Crippen LogP contribution in [0.15, 0.2) is 73.1 Å². The summed E-state index contributed by atoms with van der Waals surface area (Å²) in [5, 5.41) is 1.72. The van der Waals surface area contributed by atoms with Gasteiger partial charge in [-0.2, -0.15) is 0 Å². The number of amides is 2. The number of hydrogen-bond acceptors (Lipinski definition) is 5. The number of rotatable bonds is 12. The Kier molecular flexibility index (Phi) is 8.74. The molecule has 0 bridgehead atoms. The molecule has 1 aliphatic rings. The highest BCUT2D eigenvalue weighted by Crippen LogP contribution is 2.24. The highest BCUT2D eigenvalue weighted by Gasteiger charge is 2.31. The minimum absolute atomic E-state index is 0.208. The van der Waals surface area contributed by atoms with Gasteiger partial charge in [0.1, 0.15) is 12.4 Å². The first-order valence-electron chi connectivity index (χ1n) is 11.9. The fraction of sp³-hybridized carbons (Fsp3) is 0.321. The second kappa shape index (κ2) is 12.4. The van der Waals surface area contributed by atoms with E-state index in [1.807, 2.05) is 36.7 Å². The Morgan fingerprint density at radius 2 is 1.50 bits per heavy atom. The predicted octanol–water partition coefficient (Wildman–Crippen LogP) is 5.90. The molecular weight excluding hydrogens is 444 g/mol. The zero-order valence-electron chi connectivity index (χ0n) is 19.2. The summed E-state index contributed by atoms with van der Waals surface area (Å²) in [4.78, 5) is 27.2. The number of thioether (sulfide) groups is 1. The summed E-state index contributed by atoms with van der Waals surface area (Å²) in [6.07, 6.45) is 11.3. The van der Waals surface area contributed by atoms with Crippen molar-refractivity contribution in [1.29, 1.82) is 0 Å². The molecule has 0 spiro atoms. The molecule has 0 radical (unpaired) electrons. The van der Waals surface area contributed by atoms with E-state index in [0.717, 1.165) is 35.9 Å². The van der Waals surface area contributed by atoms with Crippen molar-refractivity contribution in [3.05, 3.63) is 95.3 Å². The summed E-state index contributed by atoms with van der Waals surface area (Å²) in [7, 11) is 0. The van der Waals surface area contributed by atoms with Gasteiger partial charge in [-0.3, -0.25) is 19.9 Å². The average molecular weight is 475 g/mol. The molecule has 2 aromatic carbocycles. The Hall–Kier alpha value is -3.12. The number of unbranched alkanes of at least 4 members (excludes halogenated alkanes) is 3. The van der Waals surface area contributed by atoms with E-state index in [0.29, 0.717) is 13.0 Å². The third-order valence-corrected chi connectivity index (χ3v) is 7.02. The molecule has 4 rings (SSSR count). The summed E-state index contributed by atoms with van der Waals surface area (Å²) < 4.78 is 6.05. The van der Waals surface area contributed by atoms with Gasteiger partial charge in [-0.1, -0.05) is 61.0 Å². The molecule has 3 aromatic rings. The van der Waals surface area contributed by atoms with Crippen LogP contribution in [0, 0.1) is 0 Å². The molecule has 1 unspecified atom stereocenters. The summed E-state index contributed by atoms with van der Waals surface area (Å²) >= 11 is 1.06. The third kappa shape index (κ3) is 7.19. The second-order valence-corrected chi connectivity index (χ2v) is 9.73. The number of benzene rings is 2. The summed E-state index contributed by atoms with van der Waals surface area (Å²) in [5.74, 6) is 0.593. The Labute approximate surface area is 205 Å². The van der Waals surface area contributed by atoms with Gasteiger partial charge >= 0.3 is 0 Å². The molecule has 1 atom stereocenters. The topological polar surface area (TPSA) is 68.3 Å². The molecule has 176 valence electrons. The maximum atomic E-state index is 11.8. The SMILES string of the molecule is O=C1NC(=O)C(Cc2ccc(OCc3ccccc3CCCCCCc3ccncc3)cc2)S1. The van der Waals surface area contributed by atoms with Crippen LogP contribution in [0.5, 0.6) is 5.75 Å². The highest BCUT2D eigenvalue weighted by molar-refractivity contribution is 8.15. The molecule has 0 aliphatic carbocycles. The number of aromatic nitrogens is 1. The molecule has 2 heterocycles. The van der Waals surface area contributed by atoms with Gasteiger partial charge in [0, 0.05) is 12.4 Å². The number of pyridine rings is 1. The van der Waals surface area contributed by atoms with Crippen LogP contribution in [0.25, 0.3) is 0 Å². The molecule has 1 fully saturated rings. The smallest absolute Gasteiger partial charge is 0.286 e. The van der Waals surface area contributed by atoms with E-state index in [4.69, 9.17) is 4.74 Å². The van der Waals surface area contributed by atoms with E-state index in [1.54, 1.807) is 0 Å². The monoisotopic (exact) mass is 474 g/mol. The van der Waals surface area contributed by atoms with Crippen LogP contribution in [0.2, 0.25) is 0 Å². The lowest BCUT2D eigenvalue weighted by Crippen LogP contribution is -2.25. The second-order valence-electron chi connectivity index (χ2n) is 8.56. The fourth-order valence-corrected chi connectivity index (χ4v) is 4.97. The van der Waals surface area contributed by atoms with E-state index in [-0.39, 0.29) is 16.4 Å². The minimum Gasteiger partial charge on any atom is -0.489 e. The molecule has 1 aliphatic heterocycles. The van der Waals surface area contributed by atoms with Crippen molar-refractivity contribution < 1.29 is 14.3 Å². The lowest BCUT2D eigenvalue weighted by atomic mass is 10.0. The van der Waals surface area contributed by atoms with Gasteiger partial charge in [-0.25, -0.2) is 0 Å². The number of ether oxygens (including phenoxy) is 1. The van der Waals surface area contributed by atoms with Crippen molar-refractivity contribution in [2.45, 2.75) is 56.8 Å². The molecule has 0 saturated carbocycles. The molecule has 2 amide bonds. The van der Waals surface area contributed by atoms with Crippen LogP contribution in [0.1, 0.15) is 47.9 Å². The maximum Gasteiger partial charge on any atom is 0.286 e. The van der Waals surface area contributed by atoms with E-state index >= 15 is 0 Å². The largest absolute Gasteiger partial charge is 0.489 e. The van der Waals surface area contributed by atoms with Gasteiger partial charge in [-0.05, 0) is 78.6 Å². The number of imide groups is 1. The summed E-state index contributed by atoms with van der Waals surface area (Å²) in [5.41, 5.74) is 4.95. The van der Waals surface area contributed by atoms with Crippen LogP contribution < -0.4 is 10.1 Å². The standard InChI is InChI=1S/C28H30N2O3S/c31-27-26(34-28(32)30-27)19-22-11-13-25(14-12-22)33-20-24-10-6-5-9-23(24)8-4-2-1-3-7-21-15-17-29-18-16-21/h5-6,9-18,26H,1-4,7-8,19-20H2,(H,30,31,32). The van der Waals surface area contributed by atoms with Crippen LogP contribution in [-0.2, 0) is 30.7 Å². The first-order valence-corrected chi connectivity index (χ1v) is 12.7. The van der Waals surface area contributed by atoms with E-state index < -0.39 is 0 Å². The van der Waals surface area contributed by atoms with Crippen molar-refractivity contribution in [2.75, 3.05) is 0 Å². The number of aryl methyl sites for hydroxylation is 2. The Morgan fingerprint density at radius 1 is 0.794 bits per heavy atom. The van der Waals surface area contributed by atoms with Crippen molar-refractivity contribution in [2.24, 2.45) is 0 Å². The van der Waals surface area contributed by atoms with Crippen LogP contribution >= 0.6 is 11.8 Å². The van der Waals surface area contributed by atoms with E-state index in [1.165, 1.54) is 42.4 Å². The molecule has 6 heteroatoms. The van der Waals surface area contributed by atoms with E-state index in [2.05, 4.69) is 46.7 Å². The summed E-state index contributed by atoms with van der Waals surface area (Å²) in [6, 6.07) is 20.5. The predicted molar refractivity (Wildman–Crippen MR) is 136 cm³/mol. The number of carbonyl (C=O) groups excluding carboxylic acids is 2. The Morgan fingerprint density at radius 3 is 2.21 bits per heavy atom. The lowest BCUT2D eigenvalue weighted by Gasteiger charge is -2.12. The molecular formula is C28H30N2O3S. The average Bonchev–Trinajstić information content (AvgIpc) is 3.18. The maximum absolute atomic E-state index is 11.8. The Bertz CT molecular complexity index is 1090. The van der Waals surface area contributed by atoms with Crippen molar-refractivity contribution in [3.63, 3.8) is 0 Å². The number of carbonyl (C=O) groups is 2. The van der Waals surface area contributed by atoms with Gasteiger partial charge in [0.15, 0.2) is 0 Å². The zero-order chi connectivity index (χ0) is 23.6. The molecule has 5 nitrogen and oxygen atoms in total. The molecule has 1 saturated heterocycles. The van der Waals surface area contributed by atoms with Crippen molar-refractivity contribution in [1.82, 2.24) is 10.3 Å². The van der Waals surface area contributed by atoms with Crippen LogP contribution in [0.4, 0.5) is 4.79 Å². The van der Waals surface area contributed by atoms with Crippen LogP contribution in [-0.4, -0.2) is 21.4 Å². The van der Waals surface area contributed by atoms with Gasteiger partial charge in [0.25, 0.3) is 5.24 Å².